The lowest BCUT2D eigenvalue weighted by atomic mass is 10.2. The minimum atomic E-state index is -0.228. The second kappa shape index (κ2) is 8.96. The quantitative estimate of drug-likeness (QED) is 0.407. The monoisotopic (exact) mass is 451 g/mol. The number of nitrogens with zero attached hydrogens (tertiary/aromatic N) is 5. The van der Waals surface area contributed by atoms with Gasteiger partial charge in [0, 0.05) is 24.1 Å². The molecule has 32 heavy (non-hydrogen) atoms. The molecule has 166 valence electrons. The molecule has 0 bridgehead atoms. The van der Waals surface area contributed by atoms with Crippen LogP contribution >= 0.6 is 11.3 Å². The molecule has 0 saturated carbocycles. The van der Waals surface area contributed by atoms with Gasteiger partial charge in [0.25, 0.3) is 5.91 Å². The van der Waals surface area contributed by atoms with Crippen molar-refractivity contribution in [2.24, 2.45) is 0 Å². The highest BCUT2D eigenvalue weighted by atomic mass is 32.1. The largest absolute Gasteiger partial charge is 0.495 e. The summed E-state index contributed by atoms with van der Waals surface area (Å²) in [6, 6.07) is 9.39. The van der Waals surface area contributed by atoms with Crippen LogP contribution in [0.4, 0.5) is 5.13 Å². The molecule has 8 nitrogen and oxygen atoms in total. The smallest absolute Gasteiger partial charge is 0.280 e. The summed E-state index contributed by atoms with van der Waals surface area (Å²) < 4.78 is 13.7. The molecule has 1 amide bonds. The Morgan fingerprint density at radius 1 is 1.19 bits per heavy atom. The number of thiazole rings is 1. The highest BCUT2D eigenvalue weighted by molar-refractivity contribution is 7.22. The highest BCUT2D eigenvalue weighted by Gasteiger charge is 2.26. The number of carbonyl (C=O) groups is 1. The standard InChI is InChI=1S/C23H25N5O3S/c1-14(2)28-15(3)11-17(26-28)22(29)27(13-16-7-6-10-24-12-16)23-25-20-18(30-4)8-9-19(31-5)21(20)32-23/h6-12,14H,13H2,1-5H3. The van der Waals surface area contributed by atoms with Crippen molar-refractivity contribution >= 4 is 32.6 Å². The molecular weight excluding hydrogens is 426 g/mol. The summed E-state index contributed by atoms with van der Waals surface area (Å²) in [5.41, 5.74) is 2.84. The summed E-state index contributed by atoms with van der Waals surface area (Å²) in [6.07, 6.45) is 3.45. The number of aromatic nitrogens is 4. The van der Waals surface area contributed by atoms with Crippen LogP contribution in [0.5, 0.6) is 11.5 Å². The van der Waals surface area contributed by atoms with E-state index < -0.39 is 0 Å². The van der Waals surface area contributed by atoms with Crippen molar-refractivity contribution in [2.45, 2.75) is 33.4 Å². The Labute approximate surface area is 190 Å². The number of benzene rings is 1. The van der Waals surface area contributed by atoms with Gasteiger partial charge >= 0.3 is 0 Å². The first-order valence-electron chi connectivity index (χ1n) is 10.2. The molecule has 0 aliphatic rings. The second-order valence-corrected chi connectivity index (χ2v) is 8.58. The Morgan fingerprint density at radius 3 is 2.56 bits per heavy atom. The van der Waals surface area contributed by atoms with Crippen molar-refractivity contribution in [3.63, 3.8) is 0 Å². The fourth-order valence-corrected chi connectivity index (χ4v) is 4.62. The minimum Gasteiger partial charge on any atom is -0.495 e. The molecule has 0 aliphatic carbocycles. The maximum Gasteiger partial charge on any atom is 0.280 e. The zero-order valence-electron chi connectivity index (χ0n) is 18.7. The third kappa shape index (κ3) is 4.03. The number of methoxy groups -OCH3 is 2. The maximum absolute atomic E-state index is 13.7. The van der Waals surface area contributed by atoms with Crippen LogP contribution in [0.3, 0.4) is 0 Å². The van der Waals surface area contributed by atoms with Crippen LogP contribution in [-0.2, 0) is 6.54 Å². The Morgan fingerprint density at radius 2 is 1.94 bits per heavy atom. The summed E-state index contributed by atoms with van der Waals surface area (Å²) in [5.74, 6) is 1.07. The zero-order chi connectivity index (χ0) is 22.8. The van der Waals surface area contributed by atoms with Gasteiger partial charge in [-0.25, -0.2) is 4.98 Å². The molecule has 3 heterocycles. The Kier molecular flexibility index (Phi) is 6.09. The lowest BCUT2D eigenvalue weighted by molar-refractivity contribution is 0.0979. The Bertz CT molecular complexity index is 1210. The van der Waals surface area contributed by atoms with Gasteiger partial charge < -0.3 is 9.47 Å². The number of fused-ring (bicyclic) bond motifs is 1. The van der Waals surface area contributed by atoms with Crippen LogP contribution in [0.1, 0.15) is 41.6 Å². The first kappa shape index (κ1) is 21.8. The van der Waals surface area contributed by atoms with Crippen LogP contribution in [-0.4, -0.2) is 39.9 Å². The molecule has 4 aromatic rings. The average Bonchev–Trinajstić information content (AvgIpc) is 3.41. The van der Waals surface area contributed by atoms with Crippen molar-refractivity contribution in [1.82, 2.24) is 19.7 Å². The van der Waals surface area contributed by atoms with Crippen LogP contribution in [0.2, 0.25) is 0 Å². The summed E-state index contributed by atoms with van der Waals surface area (Å²) in [7, 11) is 3.21. The molecule has 0 spiro atoms. The number of hydrogen-bond donors (Lipinski definition) is 0. The van der Waals surface area contributed by atoms with E-state index in [-0.39, 0.29) is 11.9 Å². The molecule has 0 radical (unpaired) electrons. The highest BCUT2D eigenvalue weighted by Crippen LogP contribution is 2.40. The normalized spacial score (nSPS) is 11.2. The van der Waals surface area contributed by atoms with E-state index in [1.165, 1.54) is 11.3 Å². The number of pyridine rings is 1. The number of carbonyl (C=O) groups excluding carboxylic acids is 1. The molecule has 0 saturated heterocycles. The van der Waals surface area contributed by atoms with Gasteiger partial charge in [0.1, 0.15) is 21.7 Å². The van der Waals surface area contributed by atoms with Gasteiger partial charge in [-0.2, -0.15) is 5.10 Å². The minimum absolute atomic E-state index is 0.152. The van der Waals surface area contributed by atoms with E-state index in [0.29, 0.717) is 34.4 Å². The number of anilines is 1. The average molecular weight is 452 g/mol. The van der Waals surface area contributed by atoms with E-state index in [2.05, 4.69) is 10.1 Å². The van der Waals surface area contributed by atoms with Gasteiger partial charge in [-0.05, 0) is 50.6 Å². The van der Waals surface area contributed by atoms with E-state index in [9.17, 15) is 4.79 Å². The molecule has 1 aromatic carbocycles. The van der Waals surface area contributed by atoms with Crippen LogP contribution < -0.4 is 14.4 Å². The fraction of sp³-hybridized carbons (Fsp3) is 0.304. The molecule has 0 aliphatic heterocycles. The first-order chi connectivity index (χ1) is 15.4. The Balaban J connectivity index is 1.83. The third-order valence-corrected chi connectivity index (χ3v) is 6.16. The van der Waals surface area contributed by atoms with E-state index in [1.807, 2.05) is 55.8 Å². The number of rotatable bonds is 7. The maximum atomic E-state index is 13.7. The van der Waals surface area contributed by atoms with Gasteiger partial charge in [-0.1, -0.05) is 17.4 Å². The molecule has 0 fully saturated rings. The second-order valence-electron chi connectivity index (χ2n) is 7.61. The van der Waals surface area contributed by atoms with Crippen LogP contribution in [0.15, 0.2) is 42.7 Å². The number of aryl methyl sites for hydroxylation is 1. The van der Waals surface area contributed by atoms with Crippen molar-refractivity contribution in [2.75, 3.05) is 19.1 Å². The predicted octanol–water partition coefficient (Wildman–Crippen LogP) is 4.64. The predicted molar refractivity (Wildman–Crippen MR) is 125 cm³/mol. The van der Waals surface area contributed by atoms with Crippen LogP contribution in [0.25, 0.3) is 10.2 Å². The van der Waals surface area contributed by atoms with Gasteiger partial charge in [-0.15, -0.1) is 0 Å². The topological polar surface area (TPSA) is 82.4 Å². The summed E-state index contributed by atoms with van der Waals surface area (Å²) >= 11 is 1.38. The number of amides is 1. The summed E-state index contributed by atoms with van der Waals surface area (Å²) in [5, 5.41) is 5.09. The first-order valence-corrected chi connectivity index (χ1v) is 11.0. The van der Waals surface area contributed by atoms with Crippen LogP contribution in [0, 0.1) is 6.92 Å². The summed E-state index contributed by atoms with van der Waals surface area (Å²) in [4.78, 5) is 24.2. The van der Waals surface area contributed by atoms with Crippen molar-refractivity contribution < 1.29 is 14.3 Å². The van der Waals surface area contributed by atoms with Gasteiger partial charge in [0.15, 0.2) is 10.8 Å². The fourth-order valence-electron chi connectivity index (χ4n) is 3.54. The van der Waals surface area contributed by atoms with Gasteiger partial charge in [0.2, 0.25) is 0 Å². The third-order valence-electron chi connectivity index (χ3n) is 5.07. The van der Waals surface area contributed by atoms with Crippen molar-refractivity contribution in [3.05, 3.63) is 59.7 Å². The zero-order valence-corrected chi connectivity index (χ0v) is 19.5. The molecule has 0 N–H and O–H groups in total. The molecule has 4 rings (SSSR count). The van der Waals surface area contributed by atoms with E-state index in [1.54, 1.807) is 31.5 Å². The van der Waals surface area contributed by atoms with Crippen molar-refractivity contribution in [1.29, 1.82) is 0 Å². The van der Waals surface area contributed by atoms with E-state index >= 15 is 0 Å². The molecule has 3 aromatic heterocycles. The SMILES string of the molecule is COc1ccc(OC)c2sc(N(Cc3cccnc3)C(=O)c3cc(C)n(C(C)C)n3)nc12. The molecule has 0 unspecified atom stereocenters. The number of ether oxygens (including phenoxy) is 2. The van der Waals surface area contributed by atoms with E-state index in [4.69, 9.17) is 14.5 Å². The van der Waals surface area contributed by atoms with Gasteiger partial charge in [-0.3, -0.25) is 19.4 Å². The Hall–Kier alpha value is -3.46. The molecule has 9 heteroatoms. The lowest BCUT2D eigenvalue weighted by Gasteiger charge is -2.18. The van der Waals surface area contributed by atoms with Gasteiger partial charge in [0.05, 0.1) is 20.8 Å². The lowest BCUT2D eigenvalue weighted by Crippen LogP contribution is -2.31. The van der Waals surface area contributed by atoms with E-state index in [0.717, 1.165) is 16.0 Å². The summed E-state index contributed by atoms with van der Waals surface area (Å²) in [6.45, 7) is 6.33. The molecular formula is C23H25N5O3S. The van der Waals surface area contributed by atoms with Crippen molar-refractivity contribution in [3.8, 4) is 11.5 Å². The molecule has 0 atom stereocenters. The number of hydrogen-bond acceptors (Lipinski definition) is 7.